The molecule has 1 aliphatic carbocycles. The quantitative estimate of drug-likeness (QED) is 0.279. The molecule has 3 aromatic carbocycles. The third-order valence-corrected chi connectivity index (χ3v) is 11.5. The van der Waals surface area contributed by atoms with Crippen molar-refractivity contribution in [3.8, 4) is 11.1 Å². The van der Waals surface area contributed by atoms with Crippen LogP contribution in [0, 0.1) is 0 Å². The van der Waals surface area contributed by atoms with Gasteiger partial charge in [0, 0.05) is 35.6 Å². The number of hydrogen-bond acceptors (Lipinski definition) is 7. The van der Waals surface area contributed by atoms with Crippen LogP contribution in [0.1, 0.15) is 42.9 Å². The van der Waals surface area contributed by atoms with E-state index >= 15 is 0 Å². The Morgan fingerprint density at radius 3 is 2.27 bits per heavy atom. The van der Waals surface area contributed by atoms with Gasteiger partial charge in [0.05, 0.1) is 22.3 Å². The number of methoxy groups -OCH3 is 1. The fourth-order valence-corrected chi connectivity index (χ4v) is 6.58. The summed E-state index contributed by atoms with van der Waals surface area (Å²) in [5.41, 5.74) is 3.76. The minimum atomic E-state index is -3.41. The number of pyridine rings is 1. The van der Waals surface area contributed by atoms with Gasteiger partial charge in [-0.3, -0.25) is 9.78 Å². The van der Waals surface area contributed by atoms with Crippen molar-refractivity contribution in [2.75, 3.05) is 19.6 Å². The maximum Gasteiger partial charge on any atom is 0.316 e. The molecule has 0 saturated heterocycles. The van der Waals surface area contributed by atoms with E-state index < -0.39 is 29.8 Å². The van der Waals surface area contributed by atoms with Gasteiger partial charge in [-0.1, -0.05) is 42.5 Å². The largest absolute Gasteiger partial charge is 0.468 e. The summed E-state index contributed by atoms with van der Waals surface area (Å²) in [5.74, 6) is -0.558. The summed E-state index contributed by atoms with van der Waals surface area (Å²) in [5, 5.41) is 0.832. The van der Waals surface area contributed by atoms with Crippen molar-refractivity contribution in [3.05, 3.63) is 95.7 Å². The zero-order valence-corrected chi connectivity index (χ0v) is 24.6. The molecule has 9 heteroatoms. The van der Waals surface area contributed by atoms with Gasteiger partial charge in [0.1, 0.15) is 5.41 Å². The molecule has 208 valence electrons. The zero-order chi connectivity index (χ0) is 29.1. The van der Waals surface area contributed by atoms with Crippen LogP contribution in [0.4, 0.5) is 0 Å². The van der Waals surface area contributed by atoms with Gasteiger partial charge in [-0.05, 0) is 72.9 Å². The molecule has 40 heavy (non-hydrogen) atoms. The van der Waals surface area contributed by atoms with Gasteiger partial charge in [0.2, 0.25) is 0 Å². The lowest BCUT2D eigenvalue weighted by Gasteiger charge is -2.24. The molecule has 4 aromatic rings. The van der Waals surface area contributed by atoms with Crippen molar-refractivity contribution in [2.45, 2.75) is 41.2 Å². The van der Waals surface area contributed by atoms with Crippen molar-refractivity contribution in [1.29, 1.82) is 0 Å². The molecule has 1 heterocycles. The van der Waals surface area contributed by atoms with E-state index in [9.17, 15) is 21.6 Å². The van der Waals surface area contributed by atoms with Gasteiger partial charge in [0.15, 0.2) is 19.7 Å². The molecule has 2 unspecified atom stereocenters. The van der Waals surface area contributed by atoms with Crippen LogP contribution in [0.15, 0.2) is 83.9 Å². The van der Waals surface area contributed by atoms with E-state index in [1.165, 1.54) is 25.5 Å². The van der Waals surface area contributed by atoms with Crippen LogP contribution in [-0.2, 0) is 39.4 Å². The van der Waals surface area contributed by atoms with Crippen LogP contribution < -0.4 is 0 Å². The highest BCUT2D eigenvalue weighted by Gasteiger charge is 2.62. The first-order valence-corrected chi connectivity index (χ1v) is 16.6. The molecule has 0 N–H and O–H groups in total. The van der Waals surface area contributed by atoms with E-state index in [1.54, 1.807) is 32.2 Å². The van der Waals surface area contributed by atoms with Crippen LogP contribution in [0.2, 0.25) is 0 Å². The molecule has 7 nitrogen and oxygen atoms in total. The van der Waals surface area contributed by atoms with Crippen LogP contribution in [0.25, 0.3) is 22.0 Å². The summed E-state index contributed by atoms with van der Waals surface area (Å²) in [6.07, 6.45) is 4.61. The number of ether oxygens (including phenoxy) is 1. The summed E-state index contributed by atoms with van der Waals surface area (Å²) in [7, 11) is -5.43. The van der Waals surface area contributed by atoms with E-state index in [2.05, 4.69) is 4.98 Å². The molecule has 5 rings (SSSR count). The molecule has 0 aliphatic heterocycles. The Balaban J connectivity index is 1.62. The number of carbonyl (C=O) groups excluding carboxylic acids is 1. The summed E-state index contributed by atoms with van der Waals surface area (Å²) >= 11 is 0. The number of sulfone groups is 2. The monoisotopic (exact) mass is 577 g/mol. The van der Waals surface area contributed by atoms with Gasteiger partial charge in [0.25, 0.3) is 0 Å². The number of fused-ring (bicyclic) bond motifs is 1. The molecule has 2 atom stereocenters. The standard InChI is InChI=1S/C31H31NO6S2/c1-30(2,40(5,36)37)24-17-22-10-7-15-32-28(22)26(18-24)20-8-6-9-21(16-20)27-19-31(27,29(33)38-3)23-11-13-25(14-12-23)39(4,34)35/h6-18,27H,19H2,1-5H3. The summed E-state index contributed by atoms with van der Waals surface area (Å²) in [6.45, 7) is 3.40. The minimum Gasteiger partial charge on any atom is -0.468 e. The fourth-order valence-electron chi connectivity index (χ4n) is 5.41. The van der Waals surface area contributed by atoms with E-state index in [0.717, 1.165) is 33.8 Å². The highest BCUT2D eigenvalue weighted by molar-refractivity contribution is 7.91. The number of benzene rings is 3. The third-order valence-electron chi connectivity index (χ3n) is 8.24. The number of aromatic nitrogens is 1. The Morgan fingerprint density at radius 1 is 0.950 bits per heavy atom. The lowest BCUT2D eigenvalue weighted by atomic mass is 9.89. The van der Waals surface area contributed by atoms with Gasteiger partial charge in [-0.2, -0.15) is 0 Å². The Morgan fingerprint density at radius 2 is 1.65 bits per heavy atom. The molecular weight excluding hydrogens is 546 g/mol. The molecule has 0 amide bonds. The average Bonchev–Trinajstić information content (AvgIpc) is 3.68. The highest BCUT2D eigenvalue weighted by atomic mass is 32.2. The van der Waals surface area contributed by atoms with E-state index in [0.29, 0.717) is 17.5 Å². The molecular formula is C31H31NO6S2. The van der Waals surface area contributed by atoms with Gasteiger partial charge in [-0.15, -0.1) is 0 Å². The molecule has 0 spiro atoms. The van der Waals surface area contributed by atoms with Crippen molar-refractivity contribution >= 4 is 36.5 Å². The van der Waals surface area contributed by atoms with Crippen molar-refractivity contribution in [3.63, 3.8) is 0 Å². The average molecular weight is 578 g/mol. The van der Waals surface area contributed by atoms with Gasteiger partial charge < -0.3 is 4.74 Å². The SMILES string of the molecule is COC(=O)C1(c2ccc(S(C)(=O)=O)cc2)CC1c1cccc(-c2cc(C(C)(C)S(C)(=O)=O)cc3cccnc23)c1. The predicted molar refractivity (Wildman–Crippen MR) is 156 cm³/mol. The van der Waals surface area contributed by atoms with Crippen molar-refractivity contribution in [1.82, 2.24) is 4.98 Å². The molecule has 1 aliphatic rings. The lowest BCUT2D eigenvalue weighted by molar-refractivity contribution is -0.143. The molecule has 1 aromatic heterocycles. The zero-order valence-electron chi connectivity index (χ0n) is 23.0. The fraction of sp³-hybridized carbons (Fsp3) is 0.290. The Labute approximate surface area is 235 Å². The lowest BCUT2D eigenvalue weighted by Crippen LogP contribution is -2.28. The Hall–Kier alpha value is -3.56. The van der Waals surface area contributed by atoms with E-state index in [4.69, 9.17) is 4.74 Å². The first-order valence-electron chi connectivity index (χ1n) is 12.8. The van der Waals surface area contributed by atoms with Crippen LogP contribution in [-0.4, -0.2) is 47.4 Å². The number of rotatable bonds is 7. The van der Waals surface area contributed by atoms with Crippen LogP contribution in [0.5, 0.6) is 0 Å². The van der Waals surface area contributed by atoms with Crippen LogP contribution in [0.3, 0.4) is 0 Å². The van der Waals surface area contributed by atoms with Crippen molar-refractivity contribution < 1.29 is 26.4 Å². The molecule has 0 radical (unpaired) electrons. The summed E-state index contributed by atoms with van der Waals surface area (Å²) < 4.78 is 53.4. The second-order valence-electron chi connectivity index (χ2n) is 11.0. The first-order chi connectivity index (χ1) is 18.7. The van der Waals surface area contributed by atoms with Crippen molar-refractivity contribution in [2.24, 2.45) is 0 Å². The van der Waals surface area contributed by atoms with Crippen LogP contribution >= 0.6 is 0 Å². The minimum absolute atomic E-state index is 0.182. The normalized spacial score (nSPS) is 19.4. The second kappa shape index (κ2) is 9.52. The number of hydrogen-bond donors (Lipinski definition) is 0. The predicted octanol–water partition coefficient (Wildman–Crippen LogP) is 5.18. The highest BCUT2D eigenvalue weighted by Crippen LogP contribution is 2.61. The Kier molecular flexibility index (Phi) is 6.66. The molecule has 1 fully saturated rings. The number of carbonyl (C=O) groups is 1. The maximum atomic E-state index is 13.1. The maximum absolute atomic E-state index is 13.1. The second-order valence-corrected chi connectivity index (χ2v) is 15.6. The third kappa shape index (κ3) is 4.61. The summed E-state index contributed by atoms with van der Waals surface area (Å²) in [4.78, 5) is 17.9. The number of nitrogens with zero attached hydrogens (tertiary/aromatic N) is 1. The smallest absolute Gasteiger partial charge is 0.316 e. The Bertz CT molecular complexity index is 1860. The van der Waals surface area contributed by atoms with E-state index in [-0.39, 0.29) is 16.8 Å². The van der Waals surface area contributed by atoms with Gasteiger partial charge >= 0.3 is 5.97 Å². The topological polar surface area (TPSA) is 107 Å². The van der Waals surface area contributed by atoms with Gasteiger partial charge in [-0.25, -0.2) is 16.8 Å². The molecule has 1 saturated carbocycles. The first kappa shape index (κ1) is 28.0. The van der Waals surface area contributed by atoms with E-state index in [1.807, 2.05) is 48.5 Å². The molecule has 0 bridgehead atoms. The number of esters is 1. The summed E-state index contributed by atoms with van der Waals surface area (Å²) in [6, 6.07) is 21.8.